The van der Waals surface area contributed by atoms with Crippen molar-refractivity contribution in [1.82, 2.24) is 15.1 Å². The minimum Gasteiger partial charge on any atom is -0.306 e. The second-order valence-electron chi connectivity index (χ2n) is 6.70. The van der Waals surface area contributed by atoms with Crippen molar-refractivity contribution < 1.29 is 0 Å². The van der Waals surface area contributed by atoms with Gasteiger partial charge < -0.3 is 5.32 Å². The number of fused-ring (bicyclic) bond motifs is 1. The molecule has 0 bridgehead atoms. The number of nitrogens with zero attached hydrogens (tertiary/aromatic N) is 2. The van der Waals surface area contributed by atoms with Crippen molar-refractivity contribution in [2.75, 3.05) is 0 Å². The Kier molecular flexibility index (Phi) is 4.80. The van der Waals surface area contributed by atoms with Crippen LogP contribution in [0.25, 0.3) is 10.8 Å². The summed E-state index contributed by atoms with van der Waals surface area (Å²) in [7, 11) is 0. The Morgan fingerprint density at radius 2 is 1.65 bits per heavy atom. The molecule has 0 amide bonds. The van der Waals surface area contributed by atoms with E-state index in [1.165, 1.54) is 27.5 Å². The van der Waals surface area contributed by atoms with Crippen LogP contribution in [0.4, 0.5) is 0 Å². The first-order chi connectivity index (χ1) is 12.8. The topological polar surface area (TPSA) is 29.9 Å². The fraction of sp³-hybridized carbons (Fsp3) is 0.174. The summed E-state index contributed by atoms with van der Waals surface area (Å²) in [5.74, 6) is 0. The minimum absolute atomic E-state index is 0.276. The summed E-state index contributed by atoms with van der Waals surface area (Å²) in [6.07, 6.45) is 4.07. The molecule has 3 nitrogen and oxygen atoms in total. The maximum Gasteiger partial charge on any atom is 0.0659 e. The number of nitrogens with one attached hydrogen (secondary N) is 1. The van der Waals surface area contributed by atoms with Crippen molar-refractivity contribution in [2.45, 2.75) is 26.1 Å². The lowest BCUT2D eigenvalue weighted by Gasteiger charge is -2.16. The van der Waals surface area contributed by atoms with E-state index in [0.29, 0.717) is 0 Å². The van der Waals surface area contributed by atoms with Gasteiger partial charge in [0.15, 0.2) is 0 Å². The molecule has 26 heavy (non-hydrogen) atoms. The zero-order valence-corrected chi connectivity index (χ0v) is 15.0. The van der Waals surface area contributed by atoms with Gasteiger partial charge in [-0.15, -0.1) is 0 Å². The summed E-state index contributed by atoms with van der Waals surface area (Å²) >= 11 is 0. The van der Waals surface area contributed by atoms with Crippen LogP contribution in [-0.2, 0) is 13.1 Å². The number of benzene rings is 3. The lowest BCUT2D eigenvalue weighted by molar-refractivity contribution is 0.577. The van der Waals surface area contributed by atoms with E-state index in [4.69, 9.17) is 0 Å². The summed E-state index contributed by atoms with van der Waals surface area (Å²) < 4.78 is 1.99. The van der Waals surface area contributed by atoms with Crippen LogP contribution in [0, 0.1) is 0 Å². The molecule has 1 atom stereocenters. The number of aromatic nitrogens is 2. The zero-order chi connectivity index (χ0) is 17.8. The number of rotatable bonds is 6. The SMILES string of the molecule is C[C@@H](NCc1cnn(Cc2ccccc2)c1)c1cccc2ccccc12. The van der Waals surface area contributed by atoms with Gasteiger partial charge in [-0.05, 0) is 28.8 Å². The molecular formula is C23H23N3. The summed E-state index contributed by atoms with van der Waals surface area (Å²) in [5, 5.41) is 10.7. The Labute approximate surface area is 154 Å². The first-order valence-electron chi connectivity index (χ1n) is 9.06. The first kappa shape index (κ1) is 16.6. The van der Waals surface area contributed by atoms with Crippen LogP contribution < -0.4 is 5.32 Å². The van der Waals surface area contributed by atoms with E-state index in [9.17, 15) is 0 Å². The third-order valence-corrected chi connectivity index (χ3v) is 4.78. The molecule has 4 aromatic rings. The lowest BCUT2D eigenvalue weighted by atomic mass is 9.99. The van der Waals surface area contributed by atoms with Crippen LogP contribution in [0.2, 0.25) is 0 Å². The van der Waals surface area contributed by atoms with Crippen LogP contribution in [0.15, 0.2) is 85.2 Å². The molecule has 1 N–H and O–H groups in total. The second kappa shape index (κ2) is 7.54. The van der Waals surface area contributed by atoms with Gasteiger partial charge in [0.05, 0.1) is 12.7 Å². The van der Waals surface area contributed by atoms with E-state index in [1.54, 1.807) is 0 Å². The Bertz CT molecular complexity index is 983. The molecule has 0 radical (unpaired) electrons. The molecular weight excluding hydrogens is 318 g/mol. The first-order valence-corrected chi connectivity index (χ1v) is 9.06. The average Bonchev–Trinajstić information content (AvgIpc) is 3.14. The minimum atomic E-state index is 0.276. The summed E-state index contributed by atoms with van der Waals surface area (Å²) in [6, 6.07) is 25.8. The lowest BCUT2D eigenvalue weighted by Crippen LogP contribution is -2.18. The Balaban J connectivity index is 1.42. The van der Waals surface area contributed by atoms with Gasteiger partial charge in [-0.2, -0.15) is 5.10 Å². The van der Waals surface area contributed by atoms with Gasteiger partial charge in [0, 0.05) is 24.3 Å². The van der Waals surface area contributed by atoms with E-state index in [2.05, 4.69) is 90.3 Å². The fourth-order valence-electron chi connectivity index (χ4n) is 3.36. The monoisotopic (exact) mass is 341 g/mol. The van der Waals surface area contributed by atoms with Crippen molar-refractivity contribution in [1.29, 1.82) is 0 Å². The smallest absolute Gasteiger partial charge is 0.0659 e. The van der Waals surface area contributed by atoms with Crippen LogP contribution in [0.1, 0.15) is 29.7 Å². The second-order valence-corrected chi connectivity index (χ2v) is 6.70. The molecule has 0 saturated heterocycles. The van der Waals surface area contributed by atoms with Gasteiger partial charge in [0.2, 0.25) is 0 Å². The average molecular weight is 341 g/mol. The molecule has 0 aliphatic heterocycles. The van der Waals surface area contributed by atoms with Crippen molar-refractivity contribution in [3.63, 3.8) is 0 Å². The maximum atomic E-state index is 4.49. The molecule has 0 spiro atoms. The summed E-state index contributed by atoms with van der Waals surface area (Å²) in [6.45, 7) is 3.83. The van der Waals surface area contributed by atoms with Crippen molar-refractivity contribution >= 4 is 10.8 Å². The van der Waals surface area contributed by atoms with Crippen LogP contribution in [0.3, 0.4) is 0 Å². The highest BCUT2D eigenvalue weighted by atomic mass is 15.3. The van der Waals surface area contributed by atoms with Gasteiger partial charge in [-0.1, -0.05) is 72.8 Å². The Morgan fingerprint density at radius 3 is 2.54 bits per heavy atom. The Morgan fingerprint density at radius 1 is 0.885 bits per heavy atom. The third-order valence-electron chi connectivity index (χ3n) is 4.78. The Hall–Kier alpha value is -2.91. The van der Waals surface area contributed by atoms with E-state index >= 15 is 0 Å². The summed E-state index contributed by atoms with van der Waals surface area (Å²) in [5.41, 5.74) is 3.80. The molecule has 3 heteroatoms. The normalized spacial score (nSPS) is 12.3. The molecule has 1 aromatic heterocycles. The highest BCUT2D eigenvalue weighted by Gasteiger charge is 2.09. The summed E-state index contributed by atoms with van der Waals surface area (Å²) in [4.78, 5) is 0. The molecule has 4 rings (SSSR count). The van der Waals surface area contributed by atoms with Crippen LogP contribution in [-0.4, -0.2) is 9.78 Å². The largest absolute Gasteiger partial charge is 0.306 e. The van der Waals surface area contributed by atoms with Gasteiger partial charge in [0.1, 0.15) is 0 Å². The van der Waals surface area contributed by atoms with Crippen molar-refractivity contribution in [2.24, 2.45) is 0 Å². The third kappa shape index (κ3) is 3.68. The molecule has 0 unspecified atom stereocenters. The predicted octanol–water partition coefficient (Wildman–Crippen LogP) is 4.94. The van der Waals surface area contributed by atoms with Gasteiger partial charge in [-0.25, -0.2) is 0 Å². The predicted molar refractivity (Wildman–Crippen MR) is 107 cm³/mol. The highest BCUT2D eigenvalue weighted by molar-refractivity contribution is 5.86. The van der Waals surface area contributed by atoms with Gasteiger partial charge >= 0.3 is 0 Å². The molecule has 0 aliphatic carbocycles. The van der Waals surface area contributed by atoms with Crippen molar-refractivity contribution in [3.05, 3.63) is 102 Å². The van der Waals surface area contributed by atoms with E-state index in [0.717, 1.165) is 13.1 Å². The molecule has 0 aliphatic rings. The molecule has 1 heterocycles. The standard InChI is InChI=1S/C23H23N3/c1-18(22-13-7-11-21-10-5-6-12-23(21)22)24-14-20-15-25-26(17-20)16-19-8-3-2-4-9-19/h2-13,15,17-18,24H,14,16H2,1H3/t18-/m1/s1. The molecule has 0 saturated carbocycles. The van der Waals surface area contributed by atoms with E-state index in [-0.39, 0.29) is 6.04 Å². The highest BCUT2D eigenvalue weighted by Crippen LogP contribution is 2.24. The number of hydrogen-bond acceptors (Lipinski definition) is 2. The molecule has 130 valence electrons. The maximum absolute atomic E-state index is 4.49. The number of hydrogen-bond donors (Lipinski definition) is 1. The van der Waals surface area contributed by atoms with Gasteiger partial charge in [-0.3, -0.25) is 4.68 Å². The van der Waals surface area contributed by atoms with Gasteiger partial charge in [0.25, 0.3) is 0 Å². The van der Waals surface area contributed by atoms with Crippen molar-refractivity contribution in [3.8, 4) is 0 Å². The van der Waals surface area contributed by atoms with Crippen LogP contribution >= 0.6 is 0 Å². The fourth-order valence-corrected chi connectivity index (χ4v) is 3.36. The molecule has 3 aromatic carbocycles. The van der Waals surface area contributed by atoms with E-state index in [1.807, 2.05) is 16.9 Å². The zero-order valence-electron chi connectivity index (χ0n) is 15.0. The van der Waals surface area contributed by atoms with Crippen LogP contribution in [0.5, 0.6) is 0 Å². The quantitative estimate of drug-likeness (QED) is 0.538. The van der Waals surface area contributed by atoms with E-state index < -0.39 is 0 Å². The molecule has 0 fully saturated rings.